The molecule has 2 aromatic carbocycles. The van der Waals surface area contributed by atoms with Gasteiger partial charge in [-0.2, -0.15) is 0 Å². The van der Waals surface area contributed by atoms with E-state index in [1.165, 1.54) is 17.7 Å². The zero-order chi connectivity index (χ0) is 25.2. The first-order valence-electron chi connectivity index (χ1n) is 11.9. The topological polar surface area (TPSA) is 96.9 Å². The third kappa shape index (κ3) is 4.70. The second-order valence-corrected chi connectivity index (χ2v) is 8.99. The summed E-state index contributed by atoms with van der Waals surface area (Å²) in [5, 5.41) is 0. The van der Waals surface area contributed by atoms with E-state index in [2.05, 4.69) is 14.8 Å². The number of anilines is 2. The Bertz CT molecular complexity index is 1320. The standard InChI is InChI=1S/C27H28N4O5/c1-18-17-31(27(34)28-26(18)33)25-16-23(35-19(2)32)22(36-25)15-24-29(20-9-5-3-6-10-20)13-14-30(24)21-11-7-4-8-12-21/h3-14,17,22-25H,15-16H2,1-2H3,(H,28,33,34)/t22-,23+,25-/m1/s1. The third-order valence-corrected chi connectivity index (χ3v) is 6.54. The maximum Gasteiger partial charge on any atom is 0.330 e. The maximum absolute atomic E-state index is 12.5. The van der Waals surface area contributed by atoms with Crippen LogP contribution in [-0.4, -0.2) is 33.9 Å². The highest BCUT2D eigenvalue weighted by Crippen LogP contribution is 2.37. The van der Waals surface area contributed by atoms with E-state index in [0.29, 0.717) is 18.4 Å². The van der Waals surface area contributed by atoms with E-state index in [1.807, 2.05) is 73.1 Å². The lowest BCUT2D eigenvalue weighted by Gasteiger charge is -2.35. The van der Waals surface area contributed by atoms with Gasteiger partial charge < -0.3 is 19.3 Å². The molecule has 3 atom stereocenters. The molecular formula is C27H28N4O5. The smallest absolute Gasteiger partial charge is 0.330 e. The van der Waals surface area contributed by atoms with Gasteiger partial charge in [-0.25, -0.2) is 4.79 Å². The number of para-hydroxylation sites is 2. The molecule has 2 aliphatic heterocycles. The first-order valence-corrected chi connectivity index (χ1v) is 11.9. The second kappa shape index (κ2) is 9.87. The Hall–Kier alpha value is -4.11. The highest BCUT2D eigenvalue weighted by molar-refractivity contribution is 5.66. The van der Waals surface area contributed by atoms with E-state index in [1.54, 1.807) is 6.92 Å². The monoisotopic (exact) mass is 488 g/mol. The van der Waals surface area contributed by atoms with Crippen LogP contribution in [0.4, 0.5) is 11.4 Å². The van der Waals surface area contributed by atoms with E-state index in [0.717, 1.165) is 11.4 Å². The zero-order valence-corrected chi connectivity index (χ0v) is 20.1. The van der Waals surface area contributed by atoms with E-state index in [4.69, 9.17) is 9.47 Å². The minimum Gasteiger partial charge on any atom is -0.460 e. The lowest BCUT2D eigenvalue weighted by atomic mass is 10.1. The third-order valence-electron chi connectivity index (χ3n) is 6.54. The van der Waals surface area contributed by atoms with Gasteiger partial charge in [0.1, 0.15) is 24.6 Å². The van der Waals surface area contributed by atoms with Crippen LogP contribution in [0.3, 0.4) is 0 Å². The lowest BCUT2D eigenvalue weighted by molar-refractivity contribution is -0.149. The number of aryl methyl sites for hydroxylation is 1. The summed E-state index contributed by atoms with van der Waals surface area (Å²) in [5.74, 6) is -0.413. The maximum atomic E-state index is 12.5. The minimum absolute atomic E-state index is 0.161. The van der Waals surface area contributed by atoms with Crippen molar-refractivity contribution in [2.75, 3.05) is 9.80 Å². The summed E-state index contributed by atoms with van der Waals surface area (Å²) in [6.45, 7) is 2.99. The minimum atomic E-state index is -0.674. The number of ether oxygens (including phenoxy) is 2. The van der Waals surface area contributed by atoms with Crippen LogP contribution in [0.15, 0.2) is 88.8 Å². The van der Waals surface area contributed by atoms with Crippen molar-refractivity contribution in [1.82, 2.24) is 9.55 Å². The van der Waals surface area contributed by atoms with Crippen LogP contribution >= 0.6 is 0 Å². The Labute approximate surface area is 208 Å². The van der Waals surface area contributed by atoms with Crippen LogP contribution in [0, 0.1) is 6.92 Å². The highest BCUT2D eigenvalue weighted by atomic mass is 16.6. The van der Waals surface area contributed by atoms with Crippen LogP contribution in [0.2, 0.25) is 0 Å². The number of esters is 1. The fourth-order valence-corrected chi connectivity index (χ4v) is 4.85. The van der Waals surface area contributed by atoms with Crippen molar-refractivity contribution in [3.63, 3.8) is 0 Å². The highest BCUT2D eigenvalue weighted by Gasteiger charge is 2.43. The number of aromatic nitrogens is 2. The predicted molar refractivity (Wildman–Crippen MR) is 136 cm³/mol. The number of aromatic amines is 1. The van der Waals surface area contributed by atoms with Crippen molar-refractivity contribution >= 4 is 17.3 Å². The molecule has 186 valence electrons. The van der Waals surface area contributed by atoms with Crippen LogP contribution in [0.5, 0.6) is 0 Å². The molecule has 1 N–H and O–H groups in total. The summed E-state index contributed by atoms with van der Waals surface area (Å²) in [7, 11) is 0. The van der Waals surface area contributed by atoms with E-state index >= 15 is 0 Å². The number of nitrogens with zero attached hydrogens (tertiary/aromatic N) is 3. The molecule has 3 aromatic rings. The molecule has 9 nitrogen and oxygen atoms in total. The van der Waals surface area contributed by atoms with Crippen LogP contribution in [0.1, 0.15) is 31.6 Å². The number of nitrogens with one attached hydrogen (secondary N) is 1. The number of benzene rings is 2. The first kappa shape index (κ1) is 23.6. The Kier molecular flexibility index (Phi) is 6.47. The Morgan fingerprint density at radius 1 is 1.00 bits per heavy atom. The Balaban J connectivity index is 1.47. The van der Waals surface area contributed by atoms with Gasteiger partial charge in [-0.1, -0.05) is 36.4 Å². The van der Waals surface area contributed by atoms with Gasteiger partial charge in [-0.05, 0) is 31.2 Å². The molecule has 0 unspecified atom stereocenters. The second-order valence-electron chi connectivity index (χ2n) is 8.99. The molecule has 0 aliphatic carbocycles. The van der Waals surface area contributed by atoms with Crippen molar-refractivity contribution in [3.05, 3.63) is 106 Å². The van der Waals surface area contributed by atoms with Gasteiger partial charge in [-0.3, -0.25) is 19.1 Å². The summed E-state index contributed by atoms with van der Waals surface area (Å²) < 4.78 is 13.4. The normalized spacial score (nSPS) is 21.8. The molecule has 2 aliphatic rings. The molecule has 0 radical (unpaired) electrons. The largest absolute Gasteiger partial charge is 0.460 e. The van der Waals surface area contributed by atoms with Crippen LogP contribution in [0.25, 0.3) is 0 Å². The number of carbonyl (C=O) groups excluding carboxylic acids is 1. The van der Waals surface area contributed by atoms with Gasteiger partial charge >= 0.3 is 11.7 Å². The zero-order valence-electron chi connectivity index (χ0n) is 20.1. The van der Waals surface area contributed by atoms with Crippen molar-refractivity contribution in [3.8, 4) is 0 Å². The lowest BCUT2D eigenvalue weighted by Crippen LogP contribution is -2.43. The molecule has 1 aromatic heterocycles. The Morgan fingerprint density at radius 3 is 2.14 bits per heavy atom. The molecule has 1 fully saturated rings. The van der Waals surface area contributed by atoms with E-state index < -0.39 is 35.7 Å². The summed E-state index contributed by atoms with van der Waals surface area (Å²) in [5.41, 5.74) is 1.44. The molecular weight excluding hydrogens is 460 g/mol. The molecule has 0 amide bonds. The molecule has 36 heavy (non-hydrogen) atoms. The molecule has 3 heterocycles. The molecule has 5 rings (SSSR count). The van der Waals surface area contributed by atoms with Crippen molar-refractivity contribution in [2.24, 2.45) is 0 Å². The van der Waals surface area contributed by atoms with Gasteiger partial charge in [0.05, 0.1) is 0 Å². The number of H-pyrrole nitrogens is 1. The molecule has 0 spiro atoms. The van der Waals surface area contributed by atoms with Crippen LogP contribution in [-0.2, 0) is 14.3 Å². The number of hydrogen-bond acceptors (Lipinski definition) is 7. The van der Waals surface area contributed by atoms with Crippen LogP contribution < -0.4 is 21.0 Å². The fraction of sp³-hybridized carbons (Fsp3) is 0.296. The average molecular weight is 489 g/mol. The summed E-state index contributed by atoms with van der Waals surface area (Å²) in [4.78, 5) is 43.0. The molecule has 0 saturated carbocycles. The molecule has 9 heteroatoms. The van der Waals surface area contributed by atoms with E-state index in [-0.39, 0.29) is 6.17 Å². The van der Waals surface area contributed by atoms with Gasteiger partial charge in [0, 0.05) is 55.3 Å². The van der Waals surface area contributed by atoms with E-state index in [9.17, 15) is 14.4 Å². The SMILES string of the molecule is CC(=O)O[C@H]1C[C@H](n2cc(C)c(=O)[nH]c2=O)O[C@@H]1CC1N(c2ccccc2)C=CN1c1ccccc1. The number of carbonyl (C=O) groups is 1. The molecule has 0 bridgehead atoms. The quantitative estimate of drug-likeness (QED) is 0.532. The van der Waals surface area contributed by atoms with Crippen molar-refractivity contribution in [2.45, 2.75) is 51.3 Å². The number of hydrogen-bond donors (Lipinski definition) is 1. The van der Waals surface area contributed by atoms with Crippen molar-refractivity contribution in [1.29, 1.82) is 0 Å². The van der Waals surface area contributed by atoms with Gasteiger partial charge in [0.15, 0.2) is 0 Å². The summed E-state index contributed by atoms with van der Waals surface area (Å²) in [6, 6.07) is 20.0. The van der Waals surface area contributed by atoms with Gasteiger partial charge in [-0.15, -0.1) is 0 Å². The fourth-order valence-electron chi connectivity index (χ4n) is 4.85. The summed E-state index contributed by atoms with van der Waals surface area (Å²) >= 11 is 0. The summed E-state index contributed by atoms with van der Waals surface area (Å²) in [6.07, 6.45) is 4.45. The number of rotatable bonds is 6. The molecule has 1 saturated heterocycles. The van der Waals surface area contributed by atoms with Gasteiger partial charge in [0.2, 0.25) is 0 Å². The predicted octanol–water partition coefficient (Wildman–Crippen LogP) is 3.28. The first-order chi connectivity index (χ1) is 17.4. The van der Waals surface area contributed by atoms with Gasteiger partial charge in [0.25, 0.3) is 5.56 Å². The average Bonchev–Trinajstić information content (AvgIpc) is 3.46. The van der Waals surface area contributed by atoms with Crippen molar-refractivity contribution < 1.29 is 14.3 Å². The Morgan fingerprint density at radius 2 is 1.58 bits per heavy atom.